The van der Waals surface area contributed by atoms with Crippen molar-refractivity contribution in [2.75, 3.05) is 13.2 Å². The number of esters is 1. The molecule has 0 aromatic carbocycles. The average Bonchev–Trinajstić information content (AvgIpc) is 3.46. The molecule has 0 aromatic heterocycles. The lowest BCUT2D eigenvalue weighted by atomic mass is 10.0. The SMILES string of the molecule is CCCCCCCC/C=C\CCCCCCCCCC(=O)OCCCCCCCCCCC/C=C\C/C=C\CCCCCCCCCCCCCC(=O)NC(CO)C(O)CCCCCCCCCCCCCCCCCCCCC. The van der Waals surface area contributed by atoms with Crippen molar-refractivity contribution in [1.29, 1.82) is 0 Å². The summed E-state index contributed by atoms with van der Waals surface area (Å²) in [6.45, 7) is 4.98. The zero-order valence-electron chi connectivity index (χ0n) is 54.1. The zero-order valence-corrected chi connectivity index (χ0v) is 54.1. The lowest BCUT2D eigenvalue weighted by Gasteiger charge is -2.22. The standard InChI is InChI=1S/C74H141NO5/c1-3-5-7-9-11-13-15-17-19-21-31-35-38-42-46-50-54-58-62-66-72(77)71(70-76)75-73(78)67-63-59-55-51-47-43-39-36-32-29-27-25-23-22-24-26-28-30-33-37-41-45-49-53-57-61-65-69-80-74(79)68-64-60-56-52-48-44-40-34-20-18-16-14-12-10-8-6-4-2/h18,20,22-23,26,28,71-72,76-77H,3-17,19,21,24-25,27,29-70H2,1-2H3,(H,75,78)/b20-18-,23-22-,28-26-. The van der Waals surface area contributed by atoms with E-state index in [0.717, 1.165) is 51.4 Å². The molecule has 0 aliphatic rings. The molecule has 0 rings (SSSR count). The summed E-state index contributed by atoms with van der Waals surface area (Å²) in [4.78, 5) is 24.6. The van der Waals surface area contributed by atoms with Gasteiger partial charge in [-0.15, -0.1) is 0 Å². The van der Waals surface area contributed by atoms with Crippen molar-refractivity contribution in [3.05, 3.63) is 36.5 Å². The molecule has 2 unspecified atom stereocenters. The molecule has 0 saturated carbocycles. The molecule has 0 aromatic rings. The first-order valence-electron chi connectivity index (χ1n) is 36.2. The molecule has 3 N–H and O–H groups in total. The molecule has 0 saturated heterocycles. The molecular weight excluding hydrogens is 983 g/mol. The van der Waals surface area contributed by atoms with Gasteiger partial charge in [-0.1, -0.05) is 339 Å². The Kier molecular flexibility index (Phi) is 67.9. The summed E-state index contributed by atoms with van der Waals surface area (Å²) in [7, 11) is 0. The van der Waals surface area contributed by atoms with E-state index in [1.54, 1.807) is 0 Å². The number of hydrogen-bond acceptors (Lipinski definition) is 5. The fourth-order valence-corrected chi connectivity index (χ4v) is 11.4. The highest BCUT2D eigenvalue weighted by Gasteiger charge is 2.20. The minimum absolute atomic E-state index is 0.00792. The zero-order chi connectivity index (χ0) is 57.8. The largest absolute Gasteiger partial charge is 0.466 e. The maximum Gasteiger partial charge on any atom is 0.305 e. The number of ether oxygens (including phenoxy) is 1. The summed E-state index contributed by atoms with van der Waals surface area (Å²) in [6, 6.07) is -0.545. The van der Waals surface area contributed by atoms with E-state index in [9.17, 15) is 19.8 Å². The molecule has 6 heteroatoms. The third-order valence-electron chi connectivity index (χ3n) is 16.9. The van der Waals surface area contributed by atoms with Gasteiger partial charge in [0, 0.05) is 12.8 Å². The van der Waals surface area contributed by atoms with Crippen LogP contribution in [0.4, 0.5) is 0 Å². The predicted octanol–water partition coefficient (Wildman–Crippen LogP) is 23.5. The Morgan fingerprint density at radius 1 is 0.350 bits per heavy atom. The van der Waals surface area contributed by atoms with Crippen LogP contribution < -0.4 is 5.32 Å². The molecule has 1 amide bonds. The van der Waals surface area contributed by atoms with Gasteiger partial charge in [0.05, 0.1) is 25.4 Å². The molecule has 0 aliphatic carbocycles. The topological polar surface area (TPSA) is 95.9 Å². The Bertz CT molecular complexity index is 1300. The van der Waals surface area contributed by atoms with Gasteiger partial charge < -0.3 is 20.3 Å². The van der Waals surface area contributed by atoms with Gasteiger partial charge in [-0.2, -0.15) is 0 Å². The number of carbonyl (C=O) groups is 2. The fourth-order valence-electron chi connectivity index (χ4n) is 11.4. The van der Waals surface area contributed by atoms with Crippen LogP contribution >= 0.6 is 0 Å². The summed E-state index contributed by atoms with van der Waals surface area (Å²) in [5.74, 6) is -0.0266. The molecule has 2 atom stereocenters. The number of aliphatic hydroxyl groups is 2. The minimum atomic E-state index is -0.668. The summed E-state index contributed by atoms with van der Waals surface area (Å²) in [6.07, 6.45) is 89.1. The van der Waals surface area contributed by atoms with Gasteiger partial charge in [0.25, 0.3) is 0 Å². The lowest BCUT2D eigenvalue weighted by molar-refractivity contribution is -0.143. The maximum absolute atomic E-state index is 12.5. The Hall–Kier alpha value is -1.92. The molecule has 6 nitrogen and oxygen atoms in total. The third-order valence-corrected chi connectivity index (χ3v) is 16.9. The summed E-state index contributed by atoms with van der Waals surface area (Å²) in [5.41, 5.74) is 0. The number of rotatable bonds is 68. The Balaban J connectivity index is 3.41. The average molecular weight is 1120 g/mol. The smallest absolute Gasteiger partial charge is 0.305 e. The van der Waals surface area contributed by atoms with E-state index in [1.165, 1.54) is 315 Å². The van der Waals surface area contributed by atoms with Crippen molar-refractivity contribution in [1.82, 2.24) is 5.32 Å². The highest BCUT2D eigenvalue weighted by Crippen LogP contribution is 2.19. The lowest BCUT2D eigenvalue weighted by Crippen LogP contribution is -2.45. The van der Waals surface area contributed by atoms with E-state index in [-0.39, 0.29) is 18.5 Å². The monoisotopic (exact) mass is 1120 g/mol. The maximum atomic E-state index is 12.5. The third kappa shape index (κ3) is 65.2. The molecule has 0 spiro atoms. The minimum Gasteiger partial charge on any atom is -0.466 e. The number of amides is 1. The summed E-state index contributed by atoms with van der Waals surface area (Å²) in [5, 5.41) is 23.4. The predicted molar refractivity (Wildman–Crippen MR) is 352 cm³/mol. The molecule has 0 fully saturated rings. The first-order chi connectivity index (χ1) is 39.5. The van der Waals surface area contributed by atoms with Crippen LogP contribution in [0.5, 0.6) is 0 Å². The molecule has 0 heterocycles. The van der Waals surface area contributed by atoms with Crippen LogP contribution in [0.25, 0.3) is 0 Å². The Morgan fingerprint density at radius 3 is 0.963 bits per heavy atom. The second-order valence-electron chi connectivity index (χ2n) is 24.9. The second-order valence-corrected chi connectivity index (χ2v) is 24.9. The van der Waals surface area contributed by atoms with E-state index >= 15 is 0 Å². The van der Waals surface area contributed by atoms with Crippen LogP contribution in [-0.2, 0) is 14.3 Å². The van der Waals surface area contributed by atoms with Crippen molar-refractivity contribution in [2.24, 2.45) is 0 Å². The van der Waals surface area contributed by atoms with Gasteiger partial charge in [0.2, 0.25) is 5.91 Å². The highest BCUT2D eigenvalue weighted by molar-refractivity contribution is 5.76. The van der Waals surface area contributed by atoms with Crippen LogP contribution in [0.3, 0.4) is 0 Å². The number of hydrogen-bond donors (Lipinski definition) is 3. The van der Waals surface area contributed by atoms with E-state index in [4.69, 9.17) is 4.74 Å². The van der Waals surface area contributed by atoms with Crippen molar-refractivity contribution in [3.8, 4) is 0 Å². The molecule has 0 bridgehead atoms. The number of unbranched alkanes of at least 4 members (excludes halogenated alkanes) is 51. The van der Waals surface area contributed by atoms with Crippen LogP contribution in [-0.4, -0.2) is 47.4 Å². The Labute approximate surface area is 500 Å². The van der Waals surface area contributed by atoms with Gasteiger partial charge >= 0.3 is 5.97 Å². The molecular formula is C74H141NO5. The normalized spacial score (nSPS) is 12.7. The van der Waals surface area contributed by atoms with Crippen LogP contribution in [0.1, 0.15) is 399 Å². The van der Waals surface area contributed by atoms with Gasteiger partial charge in [0.1, 0.15) is 0 Å². The van der Waals surface area contributed by atoms with E-state index in [1.807, 2.05) is 0 Å². The van der Waals surface area contributed by atoms with Crippen LogP contribution in [0, 0.1) is 0 Å². The summed E-state index contributed by atoms with van der Waals surface area (Å²) < 4.78 is 5.50. The number of allylic oxidation sites excluding steroid dienone is 6. The van der Waals surface area contributed by atoms with Gasteiger partial charge in [-0.05, 0) is 83.5 Å². The van der Waals surface area contributed by atoms with Gasteiger partial charge in [0.15, 0.2) is 0 Å². The number of aliphatic hydroxyl groups excluding tert-OH is 2. The van der Waals surface area contributed by atoms with Crippen molar-refractivity contribution in [2.45, 2.75) is 411 Å². The van der Waals surface area contributed by atoms with Crippen LogP contribution in [0.2, 0.25) is 0 Å². The molecule has 0 radical (unpaired) electrons. The molecule has 472 valence electrons. The first-order valence-corrected chi connectivity index (χ1v) is 36.2. The first kappa shape index (κ1) is 78.1. The fraction of sp³-hybridized carbons (Fsp3) is 0.892. The molecule has 80 heavy (non-hydrogen) atoms. The van der Waals surface area contributed by atoms with E-state index < -0.39 is 12.1 Å². The van der Waals surface area contributed by atoms with Crippen LogP contribution in [0.15, 0.2) is 36.5 Å². The van der Waals surface area contributed by atoms with Crippen molar-refractivity contribution < 1.29 is 24.5 Å². The van der Waals surface area contributed by atoms with E-state index in [0.29, 0.717) is 25.9 Å². The van der Waals surface area contributed by atoms with Gasteiger partial charge in [-0.25, -0.2) is 0 Å². The highest BCUT2D eigenvalue weighted by atomic mass is 16.5. The van der Waals surface area contributed by atoms with E-state index in [2.05, 4.69) is 55.6 Å². The number of carbonyl (C=O) groups excluding carboxylic acids is 2. The second kappa shape index (κ2) is 69.6. The van der Waals surface area contributed by atoms with Crippen molar-refractivity contribution in [3.63, 3.8) is 0 Å². The van der Waals surface area contributed by atoms with Gasteiger partial charge in [-0.3, -0.25) is 9.59 Å². The quantitative estimate of drug-likeness (QED) is 0.0320. The number of nitrogens with one attached hydrogen (secondary N) is 1. The summed E-state index contributed by atoms with van der Waals surface area (Å²) >= 11 is 0. The Morgan fingerprint density at radius 2 is 0.625 bits per heavy atom. The van der Waals surface area contributed by atoms with Crippen molar-refractivity contribution >= 4 is 11.9 Å². The molecule has 0 aliphatic heterocycles.